The van der Waals surface area contributed by atoms with Crippen LogP contribution in [0.3, 0.4) is 0 Å². The lowest BCUT2D eigenvalue weighted by Crippen LogP contribution is -2.43. The number of ether oxygens (including phenoxy) is 1. The van der Waals surface area contributed by atoms with Gasteiger partial charge in [-0.2, -0.15) is 0 Å². The number of carbonyl (C=O) groups excluding carboxylic acids is 1. The molecule has 16 heavy (non-hydrogen) atoms. The first-order valence-corrected chi connectivity index (χ1v) is 6.02. The normalized spacial score (nSPS) is 17.3. The van der Waals surface area contributed by atoms with Gasteiger partial charge in [-0.1, -0.05) is 27.7 Å². The molecule has 96 valence electrons. The number of esters is 1. The number of hydrogen-bond acceptors (Lipinski definition) is 3. The highest BCUT2D eigenvalue weighted by molar-refractivity contribution is 5.73. The van der Waals surface area contributed by atoms with E-state index in [1.54, 1.807) is 6.92 Å². The van der Waals surface area contributed by atoms with Crippen LogP contribution in [0.2, 0.25) is 0 Å². The molecule has 0 aliphatic heterocycles. The zero-order chi connectivity index (χ0) is 12.9. The fourth-order valence-corrected chi connectivity index (χ4v) is 2.11. The zero-order valence-corrected chi connectivity index (χ0v) is 11.4. The Bertz CT molecular complexity index is 219. The van der Waals surface area contributed by atoms with Gasteiger partial charge in [-0.05, 0) is 31.6 Å². The lowest BCUT2D eigenvalue weighted by atomic mass is 9.77. The first-order valence-electron chi connectivity index (χ1n) is 6.02. The SMILES string of the molecule is COC(=O)C(C(C)C)C(C)(O)CCC(C)C. The lowest BCUT2D eigenvalue weighted by molar-refractivity contribution is -0.158. The molecule has 1 N–H and O–H groups in total. The van der Waals surface area contributed by atoms with Crippen molar-refractivity contribution in [1.82, 2.24) is 0 Å². The van der Waals surface area contributed by atoms with Crippen LogP contribution in [0, 0.1) is 17.8 Å². The summed E-state index contributed by atoms with van der Waals surface area (Å²) in [5.74, 6) is -0.161. The van der Waals surface area contributed by atoms with E-state index >= 15 is 0 Å². The van der Waals surface area contributed by atoms with E-state index in [0.717, 1.165) is 6.42 Å². The van der Waals surface area contributed by atoms with Crippen LogP contribution in [0.25, 0.3) is 0 Å². The van der Waals surface area contributed by atoms with Crippen molar-refractivity contribution in [2.45, 2.75) is 53.1 Å². The van der Waals surface area contributed by atoms with Crippen molar-refractivity contribution >= 4 is 5.97 Å². The second-order valence-corrected chi connectivity index (χ2v) is 5.53. The van der Waals surface area contributed by atoms with Crippen molar-refractivity contribution in [2.75, 3.05) is 7.11 Å². The van der Waals surface area contributed by atoms with E-state index in [-0.39, 0.29) is 11.9 Å². The predicted molar refractivity (Wildman–Crippen MR) is 65.0 cm³/mol. The van der Waals surface area contributed by atoms with Crippen molar-refractivity contribution < 1.29 is 14.6 Å². The van der Waals surface area contributed by atoms with Crippen molar-refractivity contribution in [3.8, 4) is 0 Å². The molecule has 0 aromatic rings. The van der Waals surface area contributed by atoms with Gasteiger partial charge in [0, 0.05) is 0 Å². The maximum absolute atomic E-state index is 11.7. The first-order chi connectivity index (χ1) is 7.22. The highest BCUT2D eigenvalue weighted by Gasteiger charge is 2.39. The van der Waals surface area contributed by atoms with Gasteiger partial charge in [0.15, 0.2) is 0 Å². The second kappa shape index (κ2) is 6.24. The maximum atomic E-state index is 11.7. The van der Waals surface area contributed by atoms with E-state index in [1.807, 2.05) is 13.8 Å². The lowest BCUT2D eigenvalue weighted by Gasteiger charge is -2.34. The minimum Gasteiger partial charge on any atom is -0.469 e. The topological polar surface area (TPSA) is 46.5 Å². The zero-order valence-electron chi connectivity index (χ0n) is 11.4. The Balaban J connectivity index is 4.68. The number of aliphatic hydroxyl groups is 1. The van der Waals surface area contributed by atoms with Gasteiger partial charge in [-0.25, -0.2) is 0 Å². The molecule has 0 aliphatic carbocycles. The van der Waals surface area contributed by atoms with Crippen molar-refractivity contribution in [2.24, 2.45) is 17.8 Å². The molecule has 2 atom stereocenters. The summed E-state index contributed by atoms with van der Waals surface area (Å²) in [5.41, 5.74) is -0.981. The van der Waals surface area contributed by atoms with Crippen LogP contribution in [-0.4, -0.2) is 23.8 Å². The molecule has 3 heteroatoms. The third-order valence-electron chi connectivity index (χ3n) is 3.02. The molecular weight excluding hydrogens is 204 g/mol. The Morgan fingerprint density at radius 3 is 2.12 bits per heavy atom. The third-order valence-corrected chi connectivity index (χ3v) is 3.02. The molecule has 0 spiro atoms. The second-order valence-electron chi connectivity index (χ2n) is 5.53. The standard InChI is InChI=1S/C13H26O3/c1-9(2)7-8-13(5,15)11(10(3)4)12(14)16-6/h9-11,15H,7-8H2,1-6H3. The van der Waals surface area contributed by atoms with Crippen LogP contribution in [0.1, 0.15) is 47.5 Å². The van der Waals surface area contributed by atoms with E-state index in [4.69, 9.17) is 4.74 Å². The van der Waals surface area contributed by atoms with Gasteiger partial charge in [0.05, 0.1) is 18.6 Å². The summed E-state index contributed by atoms with van der Waals surface area (Å²) in [5, 5.41) is 10.4. The fourth-order valence-electron chi connectivity index (χ4n) is 2.11. The maximum Gasteiger partial charge on any atom is 0.311 e. The van der Waals surface area contributed by atoms with Crippen LogP contribution < -0.4 is 0 Å². The monoisotopic (exact) mass is 230 g/mol. The first kappa shape index (κ1) is 15.4. The van der Waals surface area contributed by atoms with Crippen molar-refractivity contribution in [3.05, 3.63) is 0 Å². The van der Waals surface area contributed by atoms with E-state index in [9.17, 15) is 9.90 Å². The van der Waals surface area contributed by atoms with Crippen LogP contribution in [0.4, 0.5) is 0 Å². The van der Waals surface area contributed by atoms with Crippen molar-refractivity contribution in [3.63, 3.8) is 0 Å². The van der Waals surface area contributed by atoms with Gasteiger partial charge in [-0.3, -0.25) is 4.79 Å². The Morgan fingerprint density at radius 2 is 1.81 bits per heavy atom. The van der Waals surface area contributed by atoms with Gasteiger partial charge in [0.25, 0.3) is 0 Å². The van der Waals surface area contributed by atoms with E-state index in [2.05, 4.69) is 13.8 Å². The molecule has 0 aromatic carbocycles. The molecule has 0 bridgehead atoms. The number of hydrogen-bond donors (Lipinski definition) is 1. The summed E-state index contributed by atoms with van der Waals surface area (Å²) in [6.45, 7) is 9.82. The Kier molecular flexibility index (Phi) is 6.01. The summed E-state index contributed by atoms with van der Waals surface area (Å²) in [4.78, 5) is 11.7. The summed E-state index contributed by atoms with van der Waals surface area (Å²) in [7, 11) is 1.37. The van der Waals surface area contributed by atoms with Gasteiger partial charge in [-0.15, -0.1) is 0 Å². The highest BCUT2D eigenvalue weighted by atomic mass is 16.5. The largest absolute Gasteiger partial charge is 0.469 e. The average Bonchev–Trinajstić information content (AvgIpc) is 2.13. The van der Waals surface area contributed by atoms with E-state index in [1.165, 1.54) is 7.11 Å². The van der Waals surface area contributed by atoms with Gasteiger partial charge >= 0.3 is 5.97 Å². The number of methoxy groups -OCH3 is 1. The van der Waals surface area contributed by atoms with Crippen LogP contribution in [0.15, 0.2) is 0 Å². The summed E-state index contributed by atoms with van der Waals surface area (Å²) >= 11 is 0. The molecule has 0 saturated heterocycles. The van der Waals surface area contributed by atoms with E-state index < -0.39 is 11.5 Å². The Hall–Kier alpha value is -0.570. The molecule has 2 unspecified atom stereocenters. The predicted octanol–water partition coefficient (Wildman–Crippen LogP) is 2.62. The third kappa shape index (κ3) is 4.52. The molecule has 0 radical (unpaired) electrons. The highest BCUT2D eigenvalue weighted by Crippen LogP contribution is 2.31. The Morgan fingerprint density at radius 1 is 1.31 bits per heavy atom. The molecule has 0 rings (SSSR count). The molecule has 0 aromatic heterocycles. The minimum absolute atomic E-state index is 0.0783. The Labute approximate surface area is 99.2 Å². The smallest absolute Gasteiger partial charge is 0.311 e. The molecule has 3 nitrogen and oxygen atoms in total. The van der Waals surface area contributed by atoms with Crippen LogP contribution >= 0.6 is 0 Å². The van der Waals surface area contributed by atoms with Crippen LogP contribution in [0.5, 0.6) is 0 Å². The van der Waals surface area contributed by atoms with Crippen molar-refractivity contribution in [1.29, 1.82) is 0 Å². The molecule has 0 heterocycles. The molecule has 0 fully saturated rings. The molecule has 0 aliphatic rings. The van der Waals surface area contributed by atoms with Gasteiger partial charge in [0.2, 0.25) is 0 Å². The minimum atomic E-state index is -0.981. The van der Waals surface area contributed by atoms with Gasteiger partial charge < -0.3 is 9.84 Å². The summed E-state index contributed by atoms with van der Waals surface area (Å²) in [6.07, 6.45) is 1.54. The van der Waals surface area contributed by atoms with Crippen LogP contribution in [-0.2, 0) is 9.53 Å². The number of carbonyl (C=O) groups is 1. The average molecular weight is 230 g/mol. The molecule has 0 amide bonds. The molecular formula is C13H26O3. The molecule has 0 saturated carbocycles. The summed E-state index contributed by atoms with van der Waals surface area (Å²) in [6, 6.07) is 0. The number of rotatable bonds is 6. The van der Waals surface area contributed by atoms with Gasteiger partial charge in [0.1, 0.15) is 0 Å². The quantitative estimate of drug-likeness (QED) is 0.713. The summed E-state index contributed by atoms with van der Waals surface area (Å²) < 4.78 is 4.77. The fraction of sp³-hybridized carbons (Fsp3) is 0.923. The van der Waals surface area contributed by atoms with E-state index in [0.29, 0.717) is 12.3 Å².